The number of carbonyl (C=O) groups is 1. The van der Waals surface area contributed by atoms with Crippen LogP contribution in [0.5, 0.6) is 5.75 Å². The summed E-state index contributed by atoms with van der Waals surface area (Å²) in [6.45, 7) is 6.17. The molecule has 3 nitrogen and oxygen atoms in total. The quantitative estimate of drug-likeness (QED) is 0.615. The molecule has 0 aliphatic rings. The molecule has 0 unspecified atom stereocenters. The number of benzene rings is 1. The third-order valence-electron chi connectivity index (χ3n) is 1.80. The Morgan fingerprint density at radius 3 is 2.88 bits per heavy atom. The minimum absolute atomic E-state index is 0.212. The zero-order chi connectivity index (χ0) is 12.0. The van der Waals surface area contributed by atoms with Gasteiger partial charge in [-0.3, -0.25) is 0 Å². The van der Waals surface area contributed by atoms with Crippen LogP contribution in [-0.4, -0.2) is 19.2 Å². The van der Waals surface area contributed by atoms with Gasteiger partial charge in [0.1, 0.15) is 12.4 Å². The Bertz CT molecular complexity index is 388. The summed E-state index contributed by atoms with van der Waals surface area (Å²) in [6, 6.07) is 5.08. The summed E-state index contributed by atoms with van der Waals surface area (Å²) in [4.78, 5) is 11.5. The molecule has 1 aromatic rings. The number of ether oxygens (including phenoxy) is 2. The average Bonchev–Trinajstić information content (AvgIpc) is 2.29. The van der Waals surface area contributed by atoms with Gasteiger partial charge in [-0.2, -0.15) is 0 Å². The van der Waals surface area contributed by atoms with Crippen molar-refractivity contribution in [3.8, 4) is 5.75 Å². The second-order valence-electron chi connectivity index (χ2n) is 2.97. The molecule has 0 aliphatic heterocycles. The smallest absolute Gasteiger partial charge is 0.338 e. The molecule has 16 heavy (non-hydrogen) atoms. The first kappa shape index (κ1) is 12.8. The molecule has 0 saturated carbocycles. The van der Waals surface area contributed by atoms with Gasteiger partial charge in [-0.25, -0.2) is 4.79 Å². The fourth-order valence-corrected chi connectivity index (χ4v) is 1.61. The summed E-state index contributed by atoms with van der Waals surface area (Å²) >= 11 is 3.33. The Kier molecular flexibility index (Phi) is 5.05. The van der Waals surface area contributed by atoms with E-state index in [0.29, 0.717) is 17.9 Å². The summed E-state index contributed by atoms with van der Waals surface area (Å²) in [7, 11) is 0. The van der Waals surface area contributed by atoms with Crippen LogP contribution in [0.1, 0.15) is 17.3 Å². The molecule has 0 radical (unpaired) electrons. The van der Waals surface area contributed by atoms with E-state index in [2.05, 4.69) is 22.5 Å². The van der Waals surface area contributed by atoms with Gasteiger partial charge in [-0.15, -0.1) is 0 Å². The second kappa shape index (κ2) is 6.33. The van der Waals surface area contributed by atoms with Gasteiger partial charge >= 0.3 is 5.97 Å². The van der Waals surface area contributed by atoms with Crippen molar-refractivity contribution in [1.82, 2.24) is 0 Å². The zero-order valence-corrected chi connectivity index (χ0v) is 10.6. The number of carbonyl (C=O) groups excluding carboxylic acids is 1. The Hall–Kier alpha value is -1.29. The fourth-order valence-electron chi connectivity index (χ4n) is 1.12. The maximum Gasteiger partial charge on any atom is 0.338 e. The predicted octanol–water partition coefficient (Wildman–Crippen LogP) is 3.19. The van der Waals surface area contributed by atoms with Crippen molar-refractivity contribution < 1.29 is 14.3 Å². The minimum Gasteiger partial charge on any atom is -0.493 e. The molecular formula is C12H13BrO3. The number of rotatable bonds is 5. The lowest BCUT2D eigenvalue weighted by Crippen LogP contribution is -2.05. The van der Waals surface area contributed by atoms with Crippen LogP contribution in [0.15, 0.2) is 35.3 Å². The highest BCUT2D eigenvalue weighted by atomic mass is 79.9. The maximum absolute atomic E-state index is 11.5. The van der Waals surface area contributed by atoms with Crippen LogP contribution in [0.2, 0.25) is 0 Å². The molecule has 0 amide bonds. The molecule has 4 heteroatoms. The third-order valence-corrected chi connectivity index (χ3v) is 2.42. The lowest BCUT2D eigenvalue weighted by atomic mass is 10.2. The summed E-state index contributed by atoms with van der Waals surface area (Å²) < 4.78 is 11.0. The molecule has 0 fully saturated rings. The topological polar surface area (TPSA) is 35.5 Å². The first-order valence-corrected chi connectivity index (χ1v) is 5.68. The monoisotopic (exact) mass is 284 g/mol. The van der Waals surface area contributed by atoms with Crippen LogP contribution in [-0.2, 0) is 4.74 Å². The molecule has 86 valence electrons. The van der Waals surface area contributed by atoms with E-state index >= 15 is 0 Å². The van der Waals surface area contributed by atoms with Crippen molar-refractivity contribution in [3.05, 3.63) is 40.9 Å². The van der Waals surface area contributed by atoms with Crippen LogP contribution in [0.4, 0.5) is 0 Å². The molecule has 0 N–H and O–H groups in total. The zero-order valence-electron chi connectivity index (χ0n) is 9.03. The molecule has 0 aromatic heterocycles. The van der Waals surface area contributed by atoms with Gasteiger partial charge in [0.25, 0.3) is 0 Å². The first-order chi connectivity index (χ1) is 7.69. The van der Waals surface area contributed by atoms with E-state index in [1.54, 1.807) is 18.2 Å². The van der Waals surface area contributed by atoms with E-state index in [1.165, 1.54) is 6.08 Å². The van der Waals surface area contributed by atoms with Gasteiger partial charge in [-0.1, -0.05) is 12.7 Å². The Labute approximate surface area is 103 Å². The van der Waals surface area contributed by atoms with Crippen molar-refractivity contribution >= 4 is 21.9 Å². The lowest BCUT2D eigenvalue weighted by molar-refractivity contribution is 0.0549. The van der Waals surface area contributed by atoms with E-state index in [9.17, 15) is 4.79 Å². The number of hydrogen-bond donors (Lipinski definition) is 0. The summed E-state index contributed by atoms with van der Waals surface area (Å²) in [5, 5.41) is 0. The van der Waals surface area contributed by atoms with Crippen LogP contribution < -0.4 is 4.74 Å². The van der Waals surface area contributed by atoms with Gasteiger partial charge in [0.05, 0.1) is 16.6 Å². The molecule has 1 aromatic carbocycles. The Morgan fingerprint density at radius 2 is 2.31 bits per heavy atom. The van der Waals surface area contributed by atoms with E-state index in [-0.39, 0.29) is 12.6 Å². The number of esters is 1. The van der Waals surface area contributed by atoms with E-state index < -0.39 is 0 Å². The van der Waals surface area contributed by atoms with Gasteiger partial charge in [0.15, 0.2) is 0 Å². The standard InChI is InChI=1S/C12H13BrO3/c1-3-7-16-12(14)9-5-6-11(15-4-2)10(13)8-9/h3,5-6,8H,1,4,7H2,2H3. The van der Waals surface area contributed by atoms with Crippen molar-refractivity contribution in [2.24, 2.45) is 0 Å². The number of hydrogen-bond acceptors (Lipinski definition) is 3. The lowest BCUT2D eigenvalue weighted by Gasteiger charge is -2.07. The SMILES string of the molecule is C=CCOC(=O)c1ccc(OCC)c(Br)c1. The summed E-state index contributed by atoms with van der Waals surface area (Å²) in [5.74, 6) is 0.339. The van der Waals surface area contributed by atoms with Crippen LogP contribution >= 0.6 is 15.9 Å². The molecule has 0 atom stereocenters. The van der Waals surface area contributed by atoms with E-state index in [0.717, 1.165) is 4.47 Å². The minimum atomic E-state index is -0.372. The largest absolute Gasteiger partial charge is 0.493 e. The van der Waals surface area contributed by atoms with Gasteiger partial charge in [-0.05, 0) is 41.1 Å². The molecule has 1 rings (SSSR count). The van der Waals surface area contributed by atoms with Crippen molar-refractivity contribution in [2.75, 3.05) is 13.2 Å². The molecular weight excluding hydrogens is 272 g/mol. The highest BCUT2D eigenvalue weighted by Gasteiger charge is 2.09. The predicted molar refractivity (Wildman–Crippen MR) is 65.8 cm³/mol. The second-order valence-corrected chi connectivity index (χ2v) is 3.82. The Morgan fingerprint density at radius 1 is 1.56 bits per heavy atom. The van der Waals surface area contributed by atoms with Crippen LogP contribution in [0.25, 0.3) is 0 Å². The van der Waals surface area contributed by atoms with Crippen molar-refractivity contribution in [1.29, 1.82) is 0 Å². The molecule has 0 heterocycles. The van der Waals surface area contributed by atoms with E-state index in [1.807, 2.05) is 6.92 Å². The highest BCUT2D eigenvalue weighted by molar-refractivity contribution is 9.10. The maximum atomic E-state index is 11.5. The molecule has 0 saturated heterocycles. The van der Waals surface area contributed by atoms with Crippen molar-refractivity contribution in [2.45, 2.75) is 6.92 Å². The van der Waals surface area contributed by atoms with Crippen LogP contribution in [0, 0.1) is 0 Å². The van der Waals surface area contributed by atoms with Crippen molar-refractivity contribution in [3.63, 3.8) is 0 Å². The van der Waals surface area contributed by atoms with Gasteiger partial charge in [0, 0.05) is 0 Å². The average molecular weight is 285 g/mol. The molecule has 0 bridgehead atoms. The van der Waals surface area contributed by atoms with Crippen LogP contribution in [0.3, 0.4) is 0 Å². The summed E-state index contributed by atoms with van der Waals surface area (Å²) in [5.41, 5.74) is 0.483. The summed E-state index contributed by atoms with van der Waals surface area (Å²) in [6.07, 6.45) is 1.53. The third kappa shape index (κ3) is 3.38. The Balaban J connectivity index is 2.79. The molecule has 0 aliphatic carbocycles. The normalized spacial score (nSPS) is 9.62. The molecule has 0 spiro atoms. The number of halogens is 1. The highest BCUT2D eigenvalue weighted by Crippen LogP contribution is 2.26. The van der Waals surface area contributed by atoms with E-state index in [4.69, 9.17) is 9.47 Å². The fraction of sp³-hybridized carbons (Fsp3) is 0.250. The van der Waals surface area contributed by atoms with Gasteiger partial charge < -0.3 is 9.47 Å². The van der Waals surface area contributed by atoms with Gasteiger partial charge in [0.2, 0.25) is 0 Å². The first-order valence-electron chi connectivity index (χ1n) is 4.89.